The monoisotopic (exact) mass is 619 g/mol. The van der Waals surface area contributed by atoms with Crippen LogP contribution < -0.4 is 4.90 Å². The summed E-state index contributed by atoms with van der Waals surface area (Å²) in [6.45, 7) is 6.32. The molecule has 2 aliphatic heterocycles. The van der Waals surface area contributed by atoms with Crippen LogP contribution in [0.5, 0.6) is 0 Å². The van der Waals surface area contributed by atoms with Gasteiger partial charge in [-0.15, -0.1) is 0 Å². The van der Waals surface area contributed by atoms with Gasteiger partial charge in [0.25, 0.3) is 0 Å². The number of piperidine rings is 1. The van der Waals surface area contributed by atoms with E-state index in [1.54, 1.807) is 11.3 Å². The first-order valence-electron chi connectivity index (χ1n) is 16.1. The van der Waals surface area contributed by atoms with Crippen molar-refractivity contribution in [2.75, 3.05) is 37.6 Å². The lowest BCUT2D eigenvalue weighted by Gasteiger charge is -2.43. The number of hydrogen-bond acceptors (Lipinski definition) is 7. The van der Waals surface area contributed by atoms with E-state index < -0.39 is 0 Å². The number of anilines is 1. The van der Waals surface area contributed by atoms with E-state index in [2.05, 4.69) is 107 Å². The molecular weight excluding hydrogens is 579 g/mol. The minimum atomic E-state index is -0.184. The van der Waals surface area contributed by atoms with Crippen LogP contribution in [-0.4, -0.2) is 60.9 Å². The SMILES string of the molecule is c1ccc(COC2[C@@H](OCc3ccccc3)CN(C[C@H]3CCN(c4nc5ccccc5s4)C3)C[C@H]2OCc2ccccc2)cc1. The Hall–Kier alpha value is -3.59. The summed E-state index contributed by atoms with van der Waals surface area (Å²) in [5, 5.41) is 1.14. The van der Waals surface area contributed by atoms with Gasteiger partial charge in [-0.3, -0.25) is 4.90 Å². The molecule has 0 aliphatic carbocycles. The Labute approximate surface area is 270 Å². The van der Waals surface area contributed by atoms with Crippen LogP contribution in [0.15, 0.2) is 115 Å². The molecule has 0 N–H and O–H groups in total. The minimum Gasteiger partial charge on any atom is -0.369 e. The largest absolute Gasteiger partial charge is 0.369 e. The first-order valence-corrected chi connectivity index (χ1v) is 16.9. The molecule has 6 nitrogen and oxygen atoms in total. The number of nitrogens with zero attached hydrogens (tertiary/aromatic N) is 3. The molecule has 0 amide bonds. The predicted molar refractivity (Wildman–Crippen MR) is 181 cm³/mol. The fraction of sp³-hybridized carbons (Fsp3) is 0.342. The van der Waals surface area contributed by atoms with Crippen LogP contribution in [-0.2, 0) is 34.0 Å². The van der Waals surface area contributed by atoms with Crippen LogP contribution in [0.1, 0.15) is 23.1 Å². The average molecular weight is 620 g/mol. The quantitative estimate of drug-likeness (QED) is 0.147. The van der Waals surface area contributed by atoms with E-state index in [4.69, 9.17) is 19.2 Å². The number of para-hydroxylation sites is 1. The molecule has 2 aliphatic rings. The maximum Gasteiger partial charge on any atom is 0.186 e. The lowest BCUT2D eigenvalue weighted by Crippen LogP contribution is -2.58. The summed E-state index contributed by atoms with van der Waals surface area (Å²) < 4.78 is 21.4. The van der Waals surface area contributed by atoms with E-state index in [0.29, 0.717) is 25.7 Å². The molecule has 4 aromatic carbocycles. The van der Waals surface area contributed by atoms with Crippen LogP contribution >= 0.6 is 11.3 Å². The number of ether oxygens (including phenoxy) is 3. The van der Waals surface area contributed by atoms with E-state index in [9.17, 15) is 0 Å². The summed E-state index contributed by atoms with van der Waals surface area (Å²) >= 11 is 1.80. The summed E-state index contributed by atoms with van der Waals surface area (Å²) in [6.07, 6.45) is 0.734. The Morgan fingerprint density at radius 1 is 0.622 bits per heavy atom. The van der Waals surface area contributed by atoms with Gasteiger partial charge < -0.3 is 19.1 Å². The highest BCUT2D eigenvalue weighted by atomic mass is 32.1. The molecule has 3 heterocycles. The van der Waals surface area contributed by atoms with Crippen LogP contribution in [0.25, 0.3) is 10.2 Å². The molecule has 4 atom stereocenters. The second-order valence-corrected chi connectivity index (χ2v) is 13.2. The van der Waals surface area contributed by atoms with E-state index in [-0.39, 0.29) is 18.3 Å². The maximum absolute atomic E-state index is 6.71. The van der Waals surface area contributed by atoms with Crippen molar-refractivity contribution in [2.45, 2.75) is 44.6 Å². The molecule has 0 radical (unpaired) electrons. The highest BCUT2D eigenvalue weighted by Crippen LogP contribution is 2.33. The van der Waals surface area contributed by atoms with Gasteiger partial charge in [0.05, 0.1) is 42.2 Å². The molecule has 0 saturated carbocycles. The van der Waals surface area contributed by atoms with Crippen LogP contribution in [0.2, 0.25) is 0 Å². The molecule has 2 fully saturated rings. The van der Waals surface area contributed by atoms with Gasteiger partial charge in [-0.05, 0) is 41.2 Å². The predicted octanol–water partition coefficient (Wildman–Crippen LogP) is 7.19. The van der Waals surface area contributed by atoms with Gasteiger partial charge in [-0.25, -0.2) is 4.98 Å². The Balaban J connectivity index is 1.07. The highest BCUT2D eigenvalue weighted by molar-refractivity contribution is 7.22. The fourth-order valence-electron chi connectivity index (χ4n) is 6.53. The second-order valence-electron chi connectivity index (χ2n) is 12.2. The van der Waals surface area contributed by atoms with Crippen molar-refractivity contribution in [3.8, 4) is 0 Å². The van der Waals surface area contributed by atoms with Crippen LogP contribution in [0.4, 0.5) is 5.13 Å². The maximum atomic E-state index is 6.71. The number of fused-ring (bicyclic) bond motifs is 1. The molecule has 5 aromatic rings. The third kappa shape index (κ3) is 7.80. The van der Waals surface area contributed by atoms with E-state index in [1.165, 1.54) is 15.8 Å². The lowest BCUT2D eigenvalue weighted by atomic mass is 9.98. The molecule has 1 unspecified atom stereocenters. The fourth-order valence-corrected chi connectivity index (χ4v) is 7.53. The number of rotatable bonds is 12. The summed E-state index contributed by atoms with van der Waals surface area (Å²) in [5.41, 5.74) is 4.58. The van der Waals surface area contributed by atoms with Gasteiger partial charge >= 0.3 is 0 Å². The molecule has 7 heteroatoms. The normalized spacial score (nSPS) is 22.3. The van der Waals surface area contributed by atoms with Crippen molar-refractivity contribution in [1.29, 1.82) is 0 Å². The van der Waals surface area contributed by atoms with E-state index in [1.807, 2.05) is 18.2 Å². The third-order valence-electron chi connectivity index (χ3n) is 8.86. The number of benzene rings is 4. The van der Waals surface area contributed by atoms with Gasteiger partial charge in [0.15, 0.2) is 5.13 Å². The molecule has 7 rings (SSSR count). The second kappa shape index (κ2) is 14.7. The van der Waals surface area contributed by atoms with E-state index >= 15 is 0 Å². The molecule has 0 bridgehead atoms. The van der Waals surface area contributed by atoms with Gasteiger partial charge in [0.1, 0.15) is 6.10 Å². The minimum absolute atomic E-state index is 0.120. The van der Waals surface area contributed by atoms with Crippen molar-refractivity contribution < 1.29 is 14.2 Å². The standard InChI is InChI=1S/C38H41N3O3S/c1-4-12-29(13-5-1)26-42-34-24-40(22-32-20-21-41(23-32)38-39-33-18-10-11-19-36(33)45-38)25-35(43-27-30-14-6-2-7-15-30)37(34)44-28-31-16-8-3-9-17-31/h1-19,32,34-35,37H,20-28H2/t32-,34-,35+,37?/m1/s1. The number of thiazole rings is 1. The summed E-state index contributed by atoms with van der Waals surface area (Å²) in [7, 11) is 0. The van der Waals surface area contributed by atoms with Crippen molar-refractivity contribution >= 4 is 26.7 Å². The zero-order chi connectivity index (χ0) is 30.3. The third-order valence-corrected chi connectivity index (χ3v) is 9.96. The molecule has 45 heavy (non-hydrogen) atoms. The van der Waals surface area contributed by atoms with Gasteiger partial charge in [-0.2, -0.15) is 0 Å². The Kier molecular flexibility index (Phi) is 9.81. The molecule has 2 saturated heterocycles. The van der Waals surface area contributed by atoms with Crippen molar-refractivity contribution in [3.63, 3.8) is 0 Å². The summed E-state index contributed by atoms with van der Waals surface area (Å²) in [6, 6.07) is 39.7. The van der Waals surface area contributed by atoms with Crippen LogP contribution in [0, 0.1) is 5.92 Å². The van der Waals surface area contributed by atoms with E-state index in [0.717, 1.165) is 55.4 Å². The van der Waals surface area contributed by atoms with Crippen molar-refractivity contribution in [2.24, 2.45) is 5.92 Å². The van der Waals surface area contributed by atoms with Gasteiger partial charge in [0, 0.05) is 32.7 Å². The topological polar surface area (TPSA) is 47.1 Å². The van der Waals surface area contributed by atoms with Crippen molar-refractivity contribution in [3.05, 3.63) is 132 Å². The summed E-state index contributed by atoms with van der Waals surface area (Å²) in [4.78, 5) is 9.96. The number of hydrogen-bond donors (Lipinski definition) is 0. The molecular formula is C38H41N3O3S. The zero-order valence-electron chi connectivity index (χ0n) is 25.6. The number of aromatic nitrogens is 1. The number of likely N-dealkylation sites (tertiary alicyclic amines) is 1. The average Bonchev–Trinajstić information content (AvgIpc) is 3.74. The summed E-state index contributed by atoms with van der Waals surface area (Å²) in [5.74, 6) is 0.559. The Morgan fingerprint density at radius 3 is 1.73 bits per heavy atom. The van der Waals surface area contributed by atoms with Gasteiger partial charge in [-0.1, -0.05) is 114 Å². The highest BCUT2D eigenvalue weighted by Gasteiger charge is 2.40. The first kappa shape index (κ1) is 30.1. The zero-order valence-corrected chi connectivity index (χ0v) is 26.4. The lowest BCUT2D eigenvalue weighted by molar-refractivity contribution is -0.185. The van der Waals surface area contributed by atoms with Crippen molar-refractivity contribution in [1.82, 2.24) is 9.88 Å². The molecule has 1 aromatic heterocycles. The Bertz CT molecular complexity index is 1530. The van der Waals surface area contributed by atoms with Crippen LogP contribution in [0.3, 0.4) is 0 Å². The molecule has 0 spiro atoms. The smallest absolute Gasteiger partial charge is 0.186 e. The first-order chi connectivity index (χ1) is 22.3. The Morgan fingerprint density at radius 2 is 1.16 bits per heavy atom. The molecule has 232 valence electrons. The van der Waals surface area contributed by atoms with Gasteiger partial charge in [0.2, 0.25) is 0 Å².